The Kier molecular flexibility index (Phi) is 5.01. The molecule has 18 heavy (non-hydrogen) atoms. The molecule has 0 heterocycles. The maximum absolute atomic E-state index is 12.4. The third-order valence-electron chi connectivity index (χ3n) is 2.07. The molecule has 3 nitrogen and oxygen atoms in total. The molecule has 1 aromatic carbocycles. The standard InChI is InChI=1S/C10H11ClF3NO2S/c11-5-2-6-15-18(16,17)9-4-1-3-8(7-9)10(12,13)14/h1,3-4,7,15H,2,5-6H2. The van der Waals surface area contributed by atoms with Crippen LogP contribution >= 0.6 is 11.6 Å². The highest BCUT2D eigenvalue weighted by Gasteiger charge is 2.31. The number of rotatable bonds is 5. The second-order valence-corrected chi connectivity index (χ2v) is 5.61. The van der Waals surface area contributed by atoms with Gasteiger partial charge in [-0.1, -0.05) is 6.07 Å². The zero-order valence-electron chi connectivity index (χ0n) is 9.17. The molecule has 0 aromatic heterocycles. The van der Waals surface area contributed by atoms with Crippen LogP contribution in [0.4, 0.5) is 13.2 Å². The molecule has 1 aromatic rings. The third kappa shape index (κ3) is 4.15. The molecule has 102 valence electrons. The second kappa shape index (κ2) is 5.90. The van der Waals surface area contributed by atoms with E-state index in [0.29, 0.717) is 12.5 Å². The molecule has 0 saturated carbocycles. The minimum atomic E-state index is -4.57. The Balaban J connectivity index is 2.96. The van der Waals surface area contributed by atoms with Crippen molar-refractivity contribution < 1.29 is 21.6 Å². The monoisotopic (exact) mass is 301 g/mol. The first-order chi connectivity index (χ1) is 8.27. The molecular weight excluding hydrogens is 291 g/mol. The summed E-state index contributed by atoms with van der Waals surface area (Å²) in [5.74, 6) is 0.269. The van der Waals surface area contributed by atoms with Gasteiger partial charge in [-0.05, 0) is 24.6 Å². The zero-order chi connectivity index (χ0) is 13.8. The number of sulfonamides is 1. The van der Waals surface area contributed by atoms with Crippen molar-refractivity contribution in [2.75, 3.05) is 12.4 Å². The number of benzene rings is 1. The Labute approximate surface area is 108 Å². The SMILES string of the molecule is O=S(=O)(NCCCCl)c1cccc(C(F)(F)F)c1. The lowest BCUT2D eigenvalue weighted by atomic mass is 10.2. The van der Waals surface area contributed by atoms with Gasteiger partial charge in [-0.25, -0.2) is 13.1 Å². The number of hydrogen-bond acceptors (Lipinski definition) is 2. The second-order valence-electron chi connectivity index (χ2n) is 3.47. The predicted molar refractivity (Wildman–Crippen MR) is 62.0 cm³/mol. The number of alkyl halides is 4. The Morgan fingerprint density at radius 2 is 1.94 bits per heavy atom. The normalized spacial score (nSPS) is 12.7. The average molecular weight is 302 g/mol. The molecule has 0 atom stereocenters. The van der Waals surface area contributed by atoms with Gasteiger partial charge in [0.2, 0.25) is 10.0 Å². The Bertz CT molecular complexity index is 502. The molecule has 1 N–H and O–H groups in total. The summed E-state index contributed by atoms with van der Waals surface area (Å²) in [6.45, 7) is 0.0854. The molecule has 0 saturated heterocycles. The molecule has 8 heteroatoms. The van der Waals surface area contributed by atoms with Crippen LogP contribution in [0, 0.1) is 0 Å². The smallest absolute Gasteiger partial charge is 0.211 e. The van der Waals surface area contributed by atoms with E-state index in [4.69, 9.17) is 11.6 Å². The fourth-order valence-corrected chi connectivity index (χ4v) is 2.45. The quantitative estimate of drug-likeness (QED) is 0.671. The topological polar surface area (TPSA) is 46.2 Å². The van der Waals surface area contributed by atoms with Gasteiger partial charge >= 0.3 is 6.18 Å². The van der Waals surface area contributed by atoms with Crippen molar-refractivity contribution in [1.82, 2.24) is 4.72 Å². The average Bonchev–Trinajstić information content (AvgIpc) is 2.28. The zero-order valence-corrected chi connectivity index (χ0v) is 10.7. The van der Waals surface area contributed by atoms with Crippen LogP contribution in [0.25, 0.3) is 0 Å². The van der Waals surface area contributed by atoms with Gasteiger partial charge in [-0.15, -0.1) is 11.6 Å². The van der Waals surface area contributed by atoms with E-state index < -0.39 is 26.7 Å². The van der Waals surface area contributed by atoms with E-state index in [1.54, 1.807) is 0 Å². The molecule has 0 fully saturated rings. The number of hydrogen-bond donors (Lipinski definition) is 1. The Morgan fingerprint density at radius 1 is 1.28 bits per heavy atom. The molecule has 0 unspecified atom stereocenters. The summed E-state index contributed by atoms with van der Waals surface area (Å²) in [5.41, 5.74) is -0.997. The van der Waals surface area contributed by atoms with E-state index in [0.717, 1.165) is 18.2 Å². The van der Waals surface area contributed by atoms with Crippen LogP contribution in [0.2, 0.25) is 0 Å². The Morgan fingerprint density at radius 3 is 2.50 bits per heavy atom. The van der Waals surface area contributed by atoms with Crippen molar-refractivity contribution in [2.24, 2.45) is 0 Å². The van der Waals surface area contributed by atoms with E-state index >= 15 is 0 Å². The van der Waals surface area contributed by atoms with Crippen molar-refractivity contribution >= 4 is 21.6 Å². The molecular formula is C10H11ClF3NO2S. The maximum atomic E-state index is 12.4. The van der Waals surface area contributed by atoms with Crippen LogP contribution < -0.4 is 4.72 Å². The predicted octanol–water partition coefficient (Wildman–Crippen LogP) is 2.61. The highest BCUT2D eigenvalue weighted by Crippen LogP contribution is 2.30. The fraction of sp³-hybridized carbons (Fsp3) is 0.400. The van der Waals surface area contributed by atoms with Gasteiger partial charge < -0.3 is 0 Å². The summed E-state index contributed by atoms with van der Waals surface area (Å²) in [5, 5.41) is 0. The minimum absolute atomic E-state index is 0.0854. The highest BCUT2D eigenvalue weighted by atomic mass is 35.5. The van der Waals surface area contributed by atoms with E-state index in [9.17, 15) is 21.6 Å². The minimum Gasteiger partial charge on any atom is -0.211 e. The summed E-state index contributed by atoms with van der Waals surface area (Å²) < 4.78 is 62.8. The first-order valence-corrected chi connectivity index (χ1v) is 7.02. The fourth-order valence-electron chi connectivity index (χ4n) is 1.20. The lowest BCUT2D eigenvalue weighted by Crippen LogP contribution is -2.25. The first-order valence-electron chi connectivity index (χ1n) is 5.00. The largest absolute Gasteiger partial charge is 0.416 e. The Hall–Kier alpha value is -0.790. The first kappa shape index (κ1) is 15.3. The van der Waals surface area contributed by atoms with Crippen LogP contribution in [-0.4, -0.2) is 20.8 Å². The van der Waals surface area contributed by atoms with Gasteiger partial charge in [0.25, 0.3) is 0 Å². The van der Waals surface area contributed by atoms with Crippen molar-refractivity contribution in [2.45, 2.75) is 17.5 Å². The van der Waals surface area contributed by atoms with E-state index in [1.165, 1.54) is 0 Å². The third-order valence-corrected chi connectivity index (χ3v) is 3.80. The van der Waals surface area contributed by atoms with Gasteiger partial charge in [-0.2, -0.15) is 13.2 Å². The van der Waals surface area contributed by atoms with Crippen molar-refractivity contribution in [3.05, 3.63) is 29.8 Å². The van der Waals surface area contributed by atoms with Gasteiger partial charge in [0.1, 0.15) is 0 Å². The highest BCUT2D eigenvalue weighted by molar-refractivity contribution is 7.89. The van der Waals surface area contributed by atoms with Gasteiger partial charge in [0, 0.05) is 12.4 Å². The summed E-state index contributed by atoms with van der Waals surface area (Å²) in [7, 11) is -3.92. The van der Waals surface area contributed by atoms with Crippen LogP contribution in [0.1, 0.15) is 12.0 Å². The van der Waals surface area contributed by atoms with Crippen molar-refractivity contribution in [3.63, 3.8) is 0 Å². The van der Waals surface area contributed by atoms with Gasteiger partial charge in [0.05, 0.1) is 10.5 Å². The van der Waals surface area contributed by atoms with E-state index in [2.05, 4.69) is 4.72 Å². The maximum Gasteiger partial charge on any atom is 0.416 e. The van der Waals surface area contributed by atoms with E-state index in [1.807, 2.05) is 0 Å². The molecule has 0 aliphatic heterocycles. The summed E-state index contributed by atoms with van der Waals surface area (Å²) in [4.78, 5) is -0.410. The van der Waals surface area contributed by atoms with E-state index in [-0.39, 0.29) is 12.4 Å². The lowest BCUT2D eigenvalue weighted by Gasteiger charge is -2.09. The molecule has 0 radical (unpaired) electrons. The lowest BCUT2D eigenvalue weighted by molar-refractivity contribution is -0.137. The summed E-state index contributed by atoms with van der Waals surface area (Å²) in [6.07, 6.45) is -4.17. The van der Waals surface area contributed by atoms with Crippen molar-refractivity contribution in [3.8, 4) is 0 Å². The molecule has 0 spiro atoms. The molecule has 0 bridgehead atoms. The van der Waals surface area contributed by atoms with Crippen LogP contribution in [0.3, 0.4) is 0 Å². The molecule has 0 amide bonds. The molecule has 0 aliphatic carbocycles. The van der Waals surface area contributed by atoms with Crippen LogP contribution in [0.5, 0.6) is 0 Å². The summed E-state index contributed by atoms with van der Waals surface area (Å²) in [6, 6.07) is 3.58. The molecule has 1 rings (SSSR count). The number of nitrogens with one attached hydrogen (secondary N) is 1. The van der Waals surface area contributed by atoms with Crippen LogP contribution in [0.15, 0.2) is 29.2 Å². The molecule has 0 aliphatic rings. The van der Waals surface area contributed by atoms with Crippen molar-refractivity contribution in [1.29, 1.82) is 0 Å². The number of halogens is 4. The van der Waals surface area contributed by atoms with Gasteiger partial charge in [0.15, 0.2) is 0 Å². The van der Waals surface area contributed by atoms with Crippen LogP contribution in [-0.2, 0) is 16.2 Å². The summed E-state index contributed by atoms with van der Waals surface area (Å²) >= 11 is 5.38. The van der Waals surface area contributed by atoms with Gasteiger partial charge in [-0.3, -0.25) is 0 Å².